The fourth-order valence-corrected chi connectivity index (χ4v) is 2.20. The molecule has 0 amide bonds. The number of nitrogens with one attached hydrogen (secondary N) is 2. The topological polar surface area (TPSA) is 76.1 Å². The number of ether oxygens (including phenoxy) is 1. The van der Waals surface area contributed by atoms with Gasteiger partial charge < -0.3 is 15.4 Å². The Kier molecular flexibility index (Phi) is 6.12. The summed E-state index contributed by atoms with van der Waals surface area (Å²) in [5.41, 5.74) is 1.90. The molecular weight excluding hydrogens is 304 g/mol. The van der Waals surface area contributed by atoms with E-state index < -0.39 is 5.97 Å². The first-order valence-electron chi connectivity index (χ1n) is 8.03. The van der Waals surface area contributed by atoms with Crippen LogP contribution in [0.1, 0.15) is 36.3 Å². The minimum atomic E-state index is -0.402. The quantitative estimate of drug-likeness (QED) is 0.753. The number of hydrogen-bond acceptors (Lipinski definition) is 6. The van der Waals surface area contributed by atoms with Crippen LogP contribution in [-0.2, 0) is 4.74 Å². The maximum atomic E-state index is 11.8. The first-order valence-corrected chi connectivity index (χ1v) is 8.03. The summed E-state index contributed by atoms with van der Waals surface area (Å²) in [6.07, 6.45) is 1.07. The van der Waals surface area contributed by atoms with Crippen molar-refractivity contribution >= 4 is 23.4 Å². The number of methoxy groups -OCH3 is 1. The average Bonchev–Trinajstić information content (AvgIpc) is 2.54. The normalized spacial score (nSPS) is 10.5. The van der Waals surface area contributed by atoms with E-state index in [2.05, 4.69) is 34.4 Å². The predicted molar refractivity (Wildman–Crippen MR) is 95.8 cm³/mol. The van der Waals surface area contributed by atoms with Gasteiger partial charge >= 0.3 is 5.97 Å². The van der Waals surface area contributed by atoms with Gasteiger partial charge in [-0.05, 0) is 31.4 Å². The highest BCUT2D eigenvalue weighted by molar-refractivity contribution is 5.96. The zero-order valence-electron chi connectivity index (χ0n) is 14.6. The van der Waals surface area contributed by atoms with Gasteiger partial charge in [-0.15, -0.1) is 0 Å². The van der Waals surface area contributed by atoms with Crippen LogP contribution in [0.2, 0.25) is 0 Å². The van der Waals surface area contributed by atoms with Gasteiger partial charge in [-0.25, -0.2) is 9.78 Å². The lowest BCUT2D eigenvalue weighted by Crippen LogP contribution is -2.10. The number of aromatic nitrogens is 2. The number of aryl methyl sites for hydroxylation is 1. The van der Waals surface area contributed by atoms with Crippen molar-refractivity contribution in [2.24, 2.45) is 5.92 Å². The van der Waals surface area contributed by atoms with Crippen molar-refractivity contribution in [2.75, 3.05) is 24.3 Å². The van der Waals surface area contributed by atoms with E-state index in [-0.39, 0.29) is 0 Å². The molecule has 24 heavy (non-hydrogen) atoms. The highest BCUT2D eigenvalue weighted by Gasteiger charge is 2.12. The standard InChI is InChI=1S/C18H24N4O2/c1-12(2)9-10-19-16-11-13(3)20-18(22-16)21-15-8-6-5-7-14(15)17(23)24-4/h5-8,11-12H,9-10H2,1-4H3,(H2,19,20,21,22). The molecule has 0 unspecified atom stereocenters. The first kappa shape index (κ1) is 17.7. The van der Waals surface area contributed by atoms with Gasteiger partial charge in [0.25, 0.3) is 0 Å². The van der Waals surface area contributed by atoms with Gasteiger partial charge in [0, 0.05) is 18.3 Å². The summed E-state index contributed by atoms with van der Waals surface area (Å²) >= 11 is 0. The van der Waals surface area contributed by atoms with Crippen LogP contribution in [0.3, 0.4) is 0 Å². The average molecular weight is 328 g/mol. The molecule has 6 nitrogen and oxygen atoms in total. The van der Waals surface area contributed by atoms with E-state index >= 15 is 0 Å². The van der Waals surface area contributed by atoms with Crippen LogP contribution >= 0.6 is 0 Å². The first-order chi connectivity index (χ1) is 11.5. The summed E-state index contributed by atoms with van der Waals surface area (Å²) in [6, 6.07) is 9.02. The SMILES string of the molecule is COC(=O)c1ccccc1Nc1nc(C)cc(NCCC(C)C)n1. The zero-order valence-corrected chi connectivity index (χ0v) is 14.6. The van der Waals surface area contributed by atoms with Crippen LogP contribution < -0.4 is 10.6 Å². The van der Waals surface area contributed by atoms with Gasteiger partial charge in [-0.3, -0.25) is 0 Å². The largest absolute Gasteiger partial charge is 0.465 e. The van der Waals surface area contributed by atoms with E-state index in [1.54, 1.807) is 18.2 Å². The molecule has 0 aliphatic rings. The highest BCUT2D eigenvalue weighted by atomic mass is 16.5. The third kappa shape index (κ3) is 4.94. The van der Waals surface area contributed by atoms with E-state index in [1.807, 2.05) is 19.1 Å². The molecule has 2 aromatic rings. The molecule has 0 aliphatic heterocycles. The van der Waals surface area contributed by atoms with Crippen molar-refractivity contribution in [3.63, 3.8) is 0 Å². The number of rotatable bonds is 7. The Morgan fingerprint density at radius 2 is 2.00 bits per heavy atom. The maximum absolute atomic E-state index is 11.8. The molecule has 0 saturated heterocycles. The van der Waals surface area contributed by atoms with Crippen molar-refractivity contribution in [1.82, 2.24) is 9.97 Å². The smallest absolute Gasteiger partial charge is 0.339 e. The number of hydrogen-bond donors (Lipinski definition) is 2. The number of para-hydroxylation sites is 1. The van der Waals surface area contributed by atoms with Crippen molar-refractivity contribution < 1.29 is 9.53 Å². The minimum Gasteiger partial charge on any atom is -0.465 e. The summed E-state index contributed by atoms with van der Waals surface area (Å²) in [5, 5.41) is 6.41. The second-order valence-corrected chi connectivity index (χ2v) is 5.99. The molecule has 0 bridgehead atoms. The van der Waals surface area contributed by atoms with E-state index in [1.165, 1.54) is 7.11 Å². The van der Waals surface area contributed by atoms with E-state index in [9.17, 15) is 4.79 Å². The molecule has 128 valence electrons. The summed E-state index contributed by atoms with van der Waals surface area (Å²) in [4.78, 5) is 20.7. The molecule has 6 heteroatoms. The lowest BCUT2D eigenvalue weighted by atomic mass is 10.1. The molecule has 0 aliphatic carbocycles. The summed E-state index contributed by atoms with van der Waals surface area (Å²) < 4.78 is 4.81. The number of nitrogens with zero attached hydrogens (tertiary/aromatic N) is 2. The van der Waals surface area contributed by atoms with Crippen LogP contribution in [0.5, 0.6) is 0 Å². The third-order valence-corrected chi connectivity index (χ3v) is 3.46. The Bertz CT molecular complexity index is 701. The number of carbonyl (C=O) groups excluding carboxylic acids is 1. The molecule has 0 saturated carbocycles. The van der Waals surface area contributed by atoms with Gasteiger partial charge in [-0.2, -0.15) is 4.98 Å². The van der Waals surface area contributed by atoms with Gasteiger partial charge in [0.1, 0.15) is 5.82 Å². The molecule has 1 aromatic heterocycles. The molecular formula is C18H24N4O2. The monoisotopic (exact) mass is 328 g/mol. The second-order valence-electron chi connectivity index (χ2n) is 5.99. The molecule has 2 rings (SSSR count). The molecule has 0 atom stereocenters. The number of carbonyl (C=O) groups is 1. The number of esters is 1. The third-order valence-electron chi connectivity index (χ3n) is 3.46. The van der Waals surface area contributed by atoms with Crippen LogP contribution in [0.25, 0.3) is 0 Å². The Labute approximate surface area is 142 Å². The molecule has 1 heterocycles. The fourth-order valence-electron chi connectivity index (χ4n) is 2.20. The van der Waals surface area contributed by atoms with Crippen LogP contribution in [-0.4, -0.2) is 29.6 Å². The van der Waals surface area contributed by atoms with Crippen LogP contribution in [0.15, 0.2) is 30.3 Å². The van der Waals surface area contributed by atoms with E-state index in [0.29, 0.717) is 23.1 Å². The second kappa shape index (κ2) is 8.29. The lowest BCUT2D eigenvalue weighted by molar-refractivity contribution is 0.0602. The predicted octanol–water partition coefficient (Wildman–Crippen LogP) is 3.77. The Hall–Kier alpha value is -2.63. The Morgan fingerprint density at radius 3 is 2.71 bits per heavy atom. The van der Waals surface area contributed by atoms with Crippen molar-refractivity contribution in [3.8, 4) is 0 Å². The van der Waals surface area contributed by atoms with Crippen molar-refractivity contribution in [3.05, 3.63) is 41.6 Å². The zero-order chi connectivity index (χ0) is 17.5. The van der Waals surface area contributed by atoms with Gasteiger partial charge in [0.05, 0.1) is 18.4 Å². The molecule has 0 fully saturated rings. The summed E-state index contributed by atoms with van der Waals surface area (Å²) in [7, 11) is 1.36. The molecule has 1 aromatic carbocycles. The van der Waals surface area contributed by atoms with Gasteiger partial charge in [-0.1, -0.05) is 26.0 Å². The Morgan fingerprint density at radius 1 is 1.25 bits per heavy atom. The van der Waals surface area contributed by atoms with Gasteiger partial charge in [0.15, 0.2) is 0 Å². The number of benzene rings is 1. The summed E-state index contributed by atoms with van der Waals surface area (Å²) in [6.45, 7) is 7.13. The summed E-state index contributed by atoms with van der Waals surface area (Å²) in [5.74, 6) is 1.44. The van der Waals surface area contributed by atoms with E-state index in [4.69, 9.17) is 4.74 Å². The van der Waals surface area contributed by atoms with Crippen molar-refractivity contribution in [2.45, 2.75) is 27.2 Å². The maximum Gasteiger partial charge on any atom is 0.339 e. The Balaban J connectivity index is 2.18. The molecule has 2 N–H and O–H groups in total. The molecule has 0 spiro atoms. The lowest BCUT2D eigenvalue weighted by Gasteiger charge is -2.12. The van der Waals surface area contributed by atoms with E-state index in [0.717, 1.165) is 24.5 Å². The van der Waals surface area contributed by atoms with Gasteiger partial charge in [0.2, 0.25) is 5.95 Å². The van der Waals surface area contributed by atoms with Crippen LogP contribution in [0.4, 0.5) is 17.5 Å². The highest BCUT2D eigenvalue weighted by Crippen LogP contribution is 2.20. The van der Waals surface area contributed by atoms with Crippen LogP contribution in [0, 0.1) is 12.8 Å². The van der Waals surface area contributed by atoms with Crippen molar-refractivity contribution in [1.29, 1.82) is 0 Å². The fraction of sp³-hybridized carbons (Fsp3) is 0.389. The minimum absolute atomic E-state index is 0.402. The number of anilines is 3. The molecule has 0 radical (unpaired) electrons.